The molecule has 0 saturated carbocycles. The van der Waals surface area contributed by atoms with Gasteiger partial charge in [0.1, 0.15) is 0 Å². The Hall–Kier alpha value is -1.22. The van der Waals surface area contributed by atoms with Crippen molar-refractivity contribution in [2.24, 2.45) is 11.7 Å². The van der Waals surface area contributed by atoms with Gasteiger partial charge in [0, 0.05) is 18.3 Å². The SMILES string of the molecule is CC(C)C(=O)[C@H](N)Cc1cccnc1. The van der Waals surface area contributed by atoms with Crippen LogP contribution in [0.3, 0.4) is 0 Å². The van der Waals surface area contributed by atoms with Gasteiger partial charge in [-0.15, -0.1) is 0 Å². The van der Waals surface area contributed by atoms with Crippen molar-refractivity contribution in [2.75, 3.05) is 0 Å². The second kappa shape index (κ2) is 4.86. The highest BCUT2D eigenvalue weighted by molar-refractivity contribution is 5.85. The fourth-order valence-corrected chi connectivity index (χ4v) is 1.30. The van der Waals surface area contributed by atoms with Gasteiger partial charge >= 0.3 is 0 Å². The zero-order chi connectivity index (χ0) is 10.6. The second-order valence-electron chi connectivity index (χ2n) is 3.73. The summed E-state index contributed by atoms with van der Waals surface area (Å²) in [6.07, 6.45) is 4.03. The lowest BCUT2D eigenvalue weighted by molar-refractivity contribution is -0.123. The number of Topliss-reactive ketones (excluding diaryl/α,β-unsaturated/α-hetero) is 1. The molecule has 1 heterocycles. The van der Waals surface area contributed by atoms with Crippen LogP contribution in [0.25, 0.3) is 0 Å². The van der Waals surface area contributed by atoms with Crippen molar-refractivity contribution in [3.8, 4) is 0 Å². The van der Waals surface area contributed by atoms with E-state index in [1.165, 1.54) is 0 Å². The lowest BCUT2D eigenvalue weighted by Gasteiger charge is -2.12. The Morgan fingerprint density at radius 2 is 2.29 bits per heavy atom. The number of carbonyl (C=O) groups excluding carboxylic acids is 1. The Morgan fingerprint density at radius 1 is 1.57 bits per heavy atom. The number of hydrogen-bond acceptors (Lipinski definition) is 3. The molecule has 0 aromatic carbocycles. The molecule has 76 valence electrons. The summed E-state index contributed by atoms with van der Waals surface area (Å²) in [7, 11) is 0. The Labute approximate surface area is 84.3 Å². The topological polar surface area (TPSA) is 56.0 Å². The van der Waals surface area contributed by atoms with Crippen LogP contribution in [0, 0.1) is 5.92 Å². The molecule has 1 rings (SSSR count). The van der Waals surface area contributed by atoms with Crippen LogP contribution in [-0.4, -0.2) is 16.8 Å². The maximum absolute atomic E-state index is 11.5. The first-order chi connectivity index (χ1) is 6.61. The van der Waals surface area contributed by atoms with E-state index >= 15 is 0 Å². The van der Waals surface area contributed by atoms with Gasteiger partial charge in [-0.3, -0.25) is 9.78 Å². The van der Waals surface area contributed by atoms with E-state index in [1.807, 2.05) is 26.0 Å². The molecule has 0 fully saturated rings. The highest BCUT2D eigenvalue weighted by atomic mass is 16.1. The van der Waals surface area contributed by atoms with Crippen LogP contribution >= 0.6 is 0 Å². The van der Waals surface area contributed by atoms with Gasteiger partial charge in [-0.05, 0) is 18.1 Å². The molecule has 0 unspecified atom stereocenters. The minimum Gasteiger partial charge on any atom is -0.321 e. The fourth-order valence-electron chi connectivity index (χ4n) is 1.30. The minimum absolute atomic E-state index is 0.00155. The zero-order valence-corrected chi connectivity index (χ0v) is 8.60. The first-order valence-corrected chi connectivity index (χ1v) is 4.79. The summed E-state index contributed by atoms with van der Waals surface area (Å²) in [5.41, 5.74) is 6.78. The molecule has 1 aromatic rings. The maximum Gasteiger partial charge on any atom is 0.152 e. The number of nitrogens with zero attached hydrogens (tertiary/aromatic N) is 1. The molecule has 0 amide bonds. The Kier molecular flexibility index (Phi) is 3.77. The van der Waals surface area contributed by atoms with Crippen LogP contribution in [0.1, 0.15) is 19.4 Å². The molecular formula is C11H16N2O. The largest absolute Gasteiger partial charge is 0.321 e. The zero-order valence-electron chi connectivity index (χ0n) is 8.60. The third-order valence-corrected chi connectivity index (χ3v) is 2.11. The van der Waals surface area contributed by atoms with Crippen LogP contribution in [0.4, 0.5) is 0 Å². The fraction of sp³-hybridized carbons (Fsp3) is 0.455. The van der Waals surface area contributed by atoms with E-state index in [-0.39, 0.29) is 11.7 Å². The standard InChI is InChI=1S/C11H16N2O/c1-8(2)11(14)10(12)6-9-4-3-5-13-7-9/h3-5,7-8,10H,6,12H2,1-2H3/t10-/m1/s1. The molecule has 0 aliphatic carbocycles. The molecule has 0 aliphatic heterocycles. The Bertz CT molecular complexity index is 295. The lowest BCUT2D eigenvalue weighted by Crippen LogP contribution is -2.35. The molecule has 0 aliphatic rings. The van der Waals surface area contributed by atoms with Crippen LogP contribution in [0.2, 0.25) is 0 Å². The molecule has 0 radical (unpaired) electrons. The highest BCUT2D eigenvalue weighted by Gasteiger charge is 2.16. The molecule has 0 saturated heterocycles. The van der Waals surface area contributed by atoms with Crippen LogP contribution < -0.4 is 5.73 Å². The van der Waals surface area contributed by atoms with E-state index in [1.54, 1.807) is 12.4 Å². The minimum atomic E-state index is -0.404. The third-order valence-electron chi connectivity index (χ3n) is 2.11. The average Bonchev–Trinajstić information content (AvgIpc) is 2.18. The van der Waals surface area contributed by atoms with Crippen LogP contribution in [0.5, 0.6) is 0 Å². The molecule has 3 nitrogen and oxygen atoms in total. The van der Waals surface area contributed by atoms with Crippen molar-refractivity contribution in [1.82, 2.24) is 4.98 Å². The monoisotopic (exact) mass is 192 g/mol. The van der Waals surface area contributed by atoms with E-state index in [4.69, 9.17) is 5.73 Å². The first-order valence-electron chi connectivity index (χ1n) is 4.79. The van der Waals surface area contributed by atoms with E-state index in [0.29, 0.717) is 6.42 Å². The van der Waals surface area contributed by atoms with Gasteiger partial charge in [-0.1, -0.05) is 19.9 Å². The van der Waals surface area contributed by atoms with Crippen molar-refractivity contribution >= 4 is 5.78 Å². The summed E-state index contributed by atoms with van der Waals surface area (Å²) in [6, 6.07) is 3.38. The molecular weight excluding hydrogens is 176 g/mol. The van der Waals surface area contributed by atoms with Gasteiger partial charge in [0.25, 0.3) is 0 Å². The highest BCUT2D eigenvalue weighted by Crippen LogP contribution is 2.04. The van der Waals surface area contributed by atoms with Crippen molar-refractivity contribution < 1.29 is 4.79 Å². The maximum atomic E-state index is 11.5. The smallest absolute Gasteiger partial charge is 0.152 e. The van der Waals surface area contributed by atoms with Crippen molar-refractivity contribution in [1.29, 1.82) is 0 Å². The van der Waals surface area contributed by atoms with Crippen molar-refractivity contribution in [3.05, 3.63) is 30.1 Å². The van der Waals surface area contributed by atoms with Gasteiger partial charge in [-0.25, -0.2) is 0 Å². The summed E-state index contributed by atoms with van der Waals surface area (Å²) in [5, 5.41) is 0. The molecule has 2 N–H and O–H groups in total. The van der Waals surface area contributed by atoms with Gasteiger partial charge in [0.2, 0.25) is 0 Å². The summed E-state index contributed by atoms with van der Waals surface area (Å²) in [4.78, 5) is 15.5. The number of rotatable bonds is 4. The number of aromatic nitrogens is 1. The van der Waals surface area contributed by atoms with Crippen molar-refractivity contribution in [2.45, 2.75) is 26.3 Å². The summed E-state index contributed by atoms with van der Waals surface area (Å²) < 4.78 is 0. The van der Waals surface area contributed by atoms with E-state index in [0.717, 1.165) is 5.56 Å². The molecule has 1 aromatic heterocycles. The van der Waals surface area contributed by atoms with Gasteiger partial charge in [-0.2, -0.15) is 0 Å². The summed E-state index contributed by atoms with van der Waals surface area (Å²) in [6.45, 7) is 3.73. The Balaban J connectivity index is 2.57. The molecule has 0 bridgehead atoms. The predicted octanol–water partition coefficient (Wildman–Crippen LogP) is 1.18. The van der Waals surface area contributed by atoms with Gasteiger partial charge in [0.15, 0.2) is 5.78 Å². The van der Waals surface area contributed by atoms with Gasteiger partial charge in [0.05, 0.1) is 6.04 Å². The number of carbonyl (C=O) groups is 1. The quantitative estimate of drug-likeness (QED) is 0.779. The van der Waals surface area contributed by atoms with Crippen molar-refractivity contribution in [3.63, 3.8) is 0 Å². The second-order valence-corrected chi connectivity index (χ2v) is 3.73. The summed E-state index contributed by atoms with van der Waals surface area (Å²) >= 11 is 0. The first kappa shape index (κ1) is 10.9. The lowest BCUT2D eigenvalue weighted by atomic mass is 9.97. The molecule has 0 spiro atoms. The Morgan fingerprint density at radius 3 is 2.79 bits per heavy atom. The number of pyridine rings is 1. The molecule has 14 heavy (non-hydrogen) atoms. The third kappa shape index (κ3) is 2.92. The summed E-state index contributed by atoms with van der Waals surface area (Å²) in [5.74, 6) is 0.107. The van der Waals surface area contributed by atoms with E-state index in [2.05, 4.69) is 4.98 Å². The normalized spacial score (nSPS) is 12.9. The predicted molar refractivity (Wildman–Crippen MR) is 55.8 cm³/mol. The molecule has 3 heteroatoms. The number of ketones is 1. The molecule has 1 atom stereocenters. The van der Waals surface area contributed by atoms with E-state index in [9.17, 15) is 4.79 Å². The van der Waals surface area contributed by atoms with Crippen LogP contribution in [-0.2, 0) is 11.2 Å². The number of nitrogens with two attached hydrogens (primary N) is 1. The van der Waals surface area contributed by atoms with Gasteiger partial charge < -0.3 is 5.73 Å². The van der Waals surface area contributed by atoms with Crippen LogP contribution in [0.15, 0.2) is 24.5 Å². The number of hydrogen-bond donors (Lipinski definition) is 1. The average molecular weight is 192 g/mol. The van der Waals surface area contributed by atoms with E-state index < -0.39 is 6.04 Å².